The Hall–Kier alpha value is -5.60. The first kappa shape index (κ1) is 24.8. The van der Waals surface area contributed by atoms with Crippen molar-refractivity contribution in [2.24, 2.45) is 0 Å². The molecule has 1 aromatic heterocycles. The Bertz CT molecular complexity index is 2470. The Labute approximate surface area is 262 Å². The van der Waals surface area contributed by atoms with Crippen molar-refractivity contribution in [1.29, 1.82) is 0 Å². The molecule has 1 aliphatic heterocycles. The monoisotopic (exact) mass is 574 g/mol. The summed E-state index contributed by atoms with van der Waals surface area (Å²) in [7, 11) is 0. The number of hydrogen-bond donors (Lipinski definition) is 0. The van der Waals surface area contributed by atoms with Crippen molar-refractivity contribution in [2.75, 3.05) is 4.90 Å². The lowest BCUT2D eigenvalue weighted by Gasteiger charge is -2.35. The fraction of sp³-hybridized carbons (Fsp3) is 0.0698. The van der Waals surface area contributed by atoms with Gasteiger partial charge in [-0.3, -0.25) is 0 Å². The van der Waals surface area contributed by atoms with Gasteiger partial charge in [0, 0.05) is 38.5 Å². The molecular weight excluding hydrogens is 544 g/mol. The van der Waals surface area contributed by atoms with Gasteiger partial charge in [0.25, 0.3) is 0 Å². The van der Waals surface area contributed by atoms with Gasteiger partial charge in [0.05, 0.1) is 22.4 Å². The van der Waals surface area contributed by atoms with Crippen LogP contribution in [0.2, 0.25) is 0 Å². The zero-order valence-electron chi connectivity index (χ0n) is 25.3. The molecule has 2 aliphatic rings. The molecule has 2 nitrogen and oxygen atoms in total. The van der Waals surface area contributed by atoms with Gasteiger partial charge in [-0.25, -0.2) is 0 Å². The molecule has 2 heterocycles. The average molecular weight is 575 g/mol. The van der Waals surface area contributed by atoms with Gasteiger partial charge in [-0.1, -0.05) is 111 Å². The van der Waals surface area contributed by atoms with Crippen molar-refractivity contribution >= 4 is 49.6 Å². The van der Waals surface area contributed by atoms with Crippen LogP contribution in [0.25, 0.3) is 60.5 Å². The summed E-state index contributed by atoms with van der Waals surface area (Å²) in [4.78, 5) is 2.50. The lowest BCUT2D eigenvalue weighted by atomic mass is 9.81. The van der Waals surface area contributed by atoms with Crippen LogP contribution in [-0.2, 0) is 5.41 Å². The summed E-state index contributed by atoms with van der Waals surface area (Å²) in [6.07, 6.45) is 0. The Balaban J connectivity index is 1.27. The predicted molar refractivity (Wildman–Crippen MR) is 190 cm³/mol. The Morgan fingerprint density at radius 2 is 1.09 bits per heavy atom. The van der Waals surface area contributed by atoms with Crippen molar-refractivity contribution < 1.29 is 0 Å². The Kier molecular flexibility index (Phi) is 4.82. The van der Waals surface area contributed by atoms with Crippen molar-refractivity contribution in [1.82, 2.24) is 4.57 Å². The standard InChI is InChI=1S/C43H30N2/c1-43(2)36-20-6-3-16-30(36)34-25-35-33-19-9-12-27-13-10-23-40(42(27)33)45(41(35)26-37(34)43)29-15-11-14-28(24-29)44-38-21-7-4-17-31(38)32-18-5-8-22-39(32)44/h3-26H,1-2H3. The maximum Gasteiger partial charge on any atom is 0.0546 e. The summed E-state index contributed by atoms with van der Waals surface area (Å²) < 4.78 is 2.41. The highest BCUT2D eigenvalue weighted by atomic mass is 15.2. The molecule has 7 aromatic carbocycles. The summed E-state index contributed by atoms with van der Waals surface area (Å²) in [6.45, 7) is 4.74. The summed E-state index contributed by atoms with van der Waals surface area (Å²) in [6, 6.07) is 53.9. The van der Waals surface area contributed by atoms with Crippen LogP contribution in [0.1, 0.15) is 25.0 Å². The van der Waals surface area contributed by atoms with E-state index < -0.39 is 0 Å². The highest BCUT2D eigenvalue weighted by Gasteiger charge is 2.38. The van der Waals surface area contributed by atoms with E-state index in [2.05, 4.69) is 169 Å². The van der Waals surface area contributed by atoms with Crippen molar-refractivity contribution in [3.63, 3.8) is 0 Å². The van der Waals surface area contributed by atoms with Gasteiger partial charge in [-0.15, -0.1) is 0 Å². The van der Waals surface area contributed by atoms with Crippen molar-refractivity contribution in [3.05, 3.63) is 157 Å². The van der Waals surface area contributed by atoms with Crippen LogP contribution in [0.3, 0.4) is 0 Å². The minimum atomic E-state index is -0.0829. The number of nitrogens with zero attached hydrogens (tertiary/aromatic N) is 2. The van der Waals surface area contributed by atoms with Crippen LogP contribution < -0.4 is 4.90 Å². The molecule has 0 fully saturated rings. The summed E-state index contributed by atoms with van der Waals surface area (Å²) in [5.41, 5.74) is 15.2. The van der Waals surface area contributed by atoms with E-state index in [4.69, 9.17) is 0 Å². The van der Waals surface area contributed by atoms with Crippen molar-refractivity contribution in [2.45, 2.75) is 19.3 Å². The highest BCUT2D eigenvalue weighted by Crippen LogP contribution is 2.57. The van der Waals surface area contributed by atoms with Crippen LogP contribution >= 0.6 is 0 Å². The molecule has 0 amide bonds. The zero-order valence-corrected chi connectivity index (χ0v) is 25.3. The van der Waals surface area contributed by atoms with E-state index in [1.165, 1.54) is 77.3 Å². The second-order valence-electron chi connectivity index (χ2n) is 13.0. The van der Waals surface area contributed by atoms with E-state index in [-0.39, 0.29) is 5.41 Å². The maximum atomic E-state index is 2.50. The normalized spacial score (nSPS) is 14.1. The van der Waals surface area contributed by atoms with Gasteiger partial charge in [-0.2, -0.15) is 0 Å². The van der Waals surface area contributed by atoms with E-state index in [1.807, 2.05) is 0 Å². The largest absolute Gasteiger partial charge is 0.309 e. The van der Waals surface area contributed by atoms with E-state index in [0.717, 1.165) is 11.4 Å². The quantitative estimate of drug-likeness (QED) is 0.199. The number of hydrogen-bond acceptors (Lipinski definition) is 1. The molecule has 0 bridgehead atoms. The smallest absolute Gasteiger partial charge is 0.0546 e. The molecule has 10 rings (SSSR count). The topological polar surface area (TPSA) is 8.17 Å². The molecule has 212 valence electrons. The van der Waals surface area contributed by atoms with Crippen LogP contribution in [-0.4, -0.2) is 4.57 Å². The van der Waals surface area contributed by atoms with Crippen molar-refractivity contribution in [3.8, 4) is 27.9 Å². The summed E-state index contributed by atoms with van der Waals surface area (Å²) in [5.74, 6) is 0. The molecule has 8 aromatic rings. The molecule has 0 saturated carbocycles. The molecular formula is C43H30N2. The van der Waals surface area contributed by atoms with E-state index in [1.54, 1.807) is 0 Å². The Morgan fingerprint density at radius 1 is 0.444 bits per heavy atom. The third-order valence-electron chi connectivity index (χ3n) is 10.3. The van der Waals surface area contributed by atoms with Gasteiger partial charge in [-0.05, 0) is 81.7 Å². The van der Waals surface area contributed by atoms with Crippen LogP contribution in [0.5, 0.6) is 0 Å². The lowest BCUT2D eigenvalue weighted by Crippen LogP contribution is -2.19. The molecule has 0 atom stereocenters. The predicted octanol–water partition coefficient (Wildman–Crippen LogP) is 11.7. The number of anilines is 3. The minimum absolute atomic E-state index is 0.0829. The number of fused-ring (bicyclic) bond motifs is 8. The van der Waals surface area contributed by atoms with Gasteiger partial charge in [0.15, 0.2) is 0 Å². The summed E-state index contributed by atoms with van der Waals surface area (Å²) >= 11 is 0. The second-order valence-corrected chi connectivity index (χ2v) is 13.0. The molecule has 2 heteroatoms. The highest BCUT2D eigenvalue weighted by molar-refractivity contribution is 6.15. The molecule has 45 heavy (non-hydrogen) atoms. The van der Waals surface area contributed by atoms with Gasteiger partial charge >= 0.3 is 0 Å². The molecule has 1 aliphatic carbocycles. The van der Waals surface area contributed by atoms with E-state index in [0.29, 0.717) is 0 Å². The van der Waals surface area contributed by atoms with E-state index >= 15 is 0 Å². The molecule has 0 saturated heterocycles. The molecule has 0 unspecified atom stereocenters. The van der Waals surface area contributed by atoms with Crippen LogP contribution in [0.15, 0.2) is 146 Å². The maximum absolute atomic E-state index is 2.50. The fourth-order valence-electron chi connectivity index (χ4n) is 8.25. The second kappa shape index (κ2) is 8.74. The first-order valence-corrected chi connectivity index (χ1v) is 15.8. The number of rotatable bonds is 2. The molecule has 0 N–H and O–H groups in total. The molecule has 0 spiro atoms. The third kappa shape index (κ3) is 3.24. The molecule has 0 radical (unpaired) electrons. The zero-order chi connectivity index (χ0) is 29.9. The SMILES string of the molecule is CC1(C)c2ccccc2-c2cc3c(cc21)N(c1cccc(-n2c4ccccc4c4ccccc42)c1)c1cccc2cccc-3c12. The van der Waals surface area contributed by atoms with Gasteiger partial charge in [0.2, 0.25) is 0 Å². The minimum Gasteiger partial charge on any atom is -0.309 e. The third-order valence-corrected chi connectivity index (χ3v) is 10.3. The number of benzene rings is 7. The average Bonchev–Trinajstić information content (AvgIpc) is 3.53. The van der Waals surface area contributed by atoms with E-state index in [9.17, 15) is 0 Å². The van der Waals surface area contributed by atoms with Crippen LogP contribution in [0.4, 0.5) is 17.1 Å². The summed E-state index contributed by atoms with van der Waals surface area (Å²) in [5, 5.41) is 5.12. The number of para-hydroxylation sites is 2. The lowest BCUT2D eigenvalue weighted by molar-refractivity contribution is 0.660. The fourth-order valence-corrected chi connectivity index (χ4v) is 8.25. The van der Waals surface area contributed by atoms with Crippen LogP contribution in [0, 0.1) is 0 Å². The van der Waals surface area contributed by atoms with Gasteiger partial charge < -0.3 is 9.47 Å². The van der Waals surface area contributed by atoms with Gasteiger partial charge in [0.1, 0.15) is 0 Å². The Morgan fingerprint density at radius 3 is 1.89 bits per heavy atom. The first-order valence-electron chi connectivity index (χ1n) is 15.8. The first-order chi connectivity index (χ1) is 22.1. The number of aromatic nitrogens is 1.